The molecule has 0 spiro atoms. The average Bonchev–Trinajstić information content (AvgIpc) is 2.48. The van der Waals surface area contributed by atoms with Crippen LogP contribution in [0.1, 0.15) is 41.5 Å². The zero-order valence-corrected chi connectivity index (χ0v) is 16.5. The van der Waals surface area contributed by atoms with Crippen molar-refractivity contribution in [3.63, 3.8) is 0 Å². The Morgan fingerprint density at radius 2 is 0.808 bits per heavy atom. The molecule has 0 aromatic carbocycles. The van der Waals surface area contributed by atoms with E-state index in [0.29, 0.717) is 0 Å². The summed E-state index contributed by atoms with van der Waals surface area (Å²) in [6.45, 7) is 11.7. The average molecular weight is 380 g/mol. The maximum Gasteiger partial charge on any atom is 0.111 e. The standard InChI is InChI=1S/2C9H18O4/c2*1-9(2,3)8-7(12)6(11)5(10)4-13-8/h2*5-8,10-12H,4H2,1-3H3. The zero-order valence-electron chi connectivity index (χ0n) is 16.5. The lowest BCUT2D eigenvalue weighted by atomic mass is 9.81. The lowest BCUT2D eigenvalue weighted by molar-refractivity contribution is -0.211. The molecule has 0 radical (unpaired) electrons. The smallest absolute Gasteiger partial charge is 0.111 e. The highest BCUT2D eigenvalue weighted by Gasteiger charge is 2.43. The molecule has 2 rings (SSSR count). The first kappa shape index (κ1) is 23.7. The van der Waals surface area contributed by atoms with Gasteiger partial charge in [0.05, 0.1) is 25.4 Å². The van der Waals surface area contributed by atoms with Gasteiger partial charge < -0.3 is 40.1 Å². The predicted molar refractivity (Wildman–Crippen MR) is 94.4 cm³/mol. The number of aliphatic hydroxyl groups is 6. The molecule has 8 nitrogen and oxygen atoms in total. The fourth-order valence-electron chi connectivity index (χ4n) is 3.14. The molecule has 0 amide bonds. The quantitative estimate of drug-likeness (QED) is 0.315. The lowest BCUT2D eigenvalue weighted by Gasteiger charge is -2.41. The van der Waals surface area contributed by atoms with Crippen LogP contribution in [0.4, 0.5) is 0 Å². The second kappa shape index (κ2) is 8.79. The summed E-state index contributed by atoms with van der Waals surface area (Å²) in [6, 6.07) is 0. The molecule has 2 aliphatic heterocycles. The molecule has 2 fully saturated rings. The van der Waals surface area contributed by atoms with Gasteiger partial charge in [-0.25, -0.2) is 0 Å². The van der Waals surface area contributed by atoms with Crippen LogP contribution in [0.25, 0.3) is 0 Å². The summed E-state index contributed by atoms with van der Waals surface area (Å²) in [7, 11) is 0. The van der Waals surface area contributed by atoms with Gasteiger partial charge in [0.2, 0.25) is 0 Å². The Morgan fingerprint density at radius 3 is 1.04 bits per heavy atom. The van der Waals surface area contributed by atoms with E-state index in [1.807, 2.05) is 41.5 Å². The Labute approximate surface area is 155 Å². The number of aliphatic hydroxyl groups excluding tert-OH is 6. The third-order valence-corrected chi connectivity index (χ3v) is 4.71. The van der Waals surface area contributed by atoms with Gasteiger partial charge in [-0.05, 0) is 10.8 Å². The van der Waals surface area contributed by atoms with E-state index >= 15 is 0 Å². The van der Waals surface area contributed by atoms with Crippen LogP contribution in [-0.4, -0.2) is 92.7 Å². The highest BCUT2D eigenvalue weighted by Crippen LogP contribution is 2.31. The van der Waals surface area contributed by atoms with Gasteiger partial charge in [0.1, 0.15) is 36.6 Å². The molecular weight excluding hydrogens is 344 g/mol. The maximum atomic E-state index is 9.61. The second-order valence-electron chi connectivity index (χ2n) is 9.34. The van der Waals surface area contributed by atoms with E-state index in [-0.39, 0.29) is 24.0 Å². The van der Waals surface area contributed by atoms with Crippen molar-refractivity contribution in [3.05, 3.63) is 0 Å². The lowest BCUT2D eigenvalue weighted by Crippen LogP contribution is -2.56. The van der Waals surface area contributed by atoms with Gasteiger partial charge in [0.25, 0.3) is 0 Å². The highest BCUT2D eigenvalue weighted by molar-refractivity contribution is 4.93. The van der Waals surface area contributed by atoms with E-state index in [2.05, 4.69) is 0 Å². The summed E-state index contributed by atoms with van der Waals surface area (Å²) < 4.78 is 10.6. The van der Waals surface area contributed by atoms with E-state index in [9.17, 15) is 30.6 Å². The first-order chi connectivity index (χ1) is 11.7. The Hall–Kier alpha value is -0.320. The van der Waals surface area contributed by atoms with E-state index in [1.54, 1.807) is 0 Å². The van der Waals surface area contributed by atoms with Gasteiger partial charge in [-0.2, -0.15) is 0 Å². The van der Waals surface area contributed by atoms with Crippen LogP contribution in [0.2, 0.25) is 0 Å². The summed E-state index contributed by atoms with van der Waals surface area (Å²) in [6.07, 6.45) is -7.03. The summed E-state index contributed by atoms with van der Waals surface area (Å²) in [5.74, 6) is 0. The molecule has 6 N–H and O–H groups in total. The summed E-state index contributed by atoms with van der Waals surface area (Å²) in [5, 5.41) is 56.4. The normalized spacial score (nSPS) is 42.0. The van der Waals surface area contributed by atoms with E-state index < -0.39 is 48.8 Å². The minimum atomic E-state index is -1.10. The zero-order chi connectivity index (χ0) is 20.4. The van der Waals surface area contributed by atoms with E-state index in [1.165, 1.54) is 0 Å². The van der Waals surface area contributed by atoms with Crippen LogP contribution in [-0.2, 0) is 9.47 Å². The van der Waals surface area contributed by atoms with Crippen molar-refractivity contribution in [3.8, 4) is 0 Å². The van der Waals surface area contributed by atoms with Gasteiger partial charge >= 0.3 is 0 Å². The van der Waals surface area contributed by atoms with Gasteiger partial charge in [0.15, 0.2) is 0 Å². The number of ether oxygens (including phenoxy) is 2. The Kier molecular flexibility index (Phi) is 8.02. The number of rotatable bonds is 0. The first-order valence-electron chi connectivity index (χ1n) is 8.99. The molecule has 0 aromatic rings. The molecular formula is C18H36O8. The maximum absolute atomic E-state index is 9.61. The van der Waals surface area contributed by atoms with Crippen LogP contribution >= 0.6 is 0 Å². The van der Waals surface area contributed by atoms with Crippen LogP contribution < -0.4 is 0 Å². The fourth-order valence-corrected chi connectivity index (χ4v) is 3.14. The largest absolute Gasteiger partial charge is 0.388 e. The van der Waals surface area contributed by atoms with Crippen molar-refractivity contribution < 1.29 is 40.1 Å². The van der Waals surface area contributed by atoms with Gasteiger partial charge in [-0.3, -0.25) is 0 Å². The van der Waals surface area contributed by atoms with E-state index in [4.69, 9.17) is 9.47 Å². The topological polar surface area (TPSA) is 140 Å². The van der Waals surface area contributed by atoms with Gasteiger partial charge in [-0.1, -0.05) is 41.5 Å². The molecule has 0 bridgehead atoms. The molecule has 0 aromatic heterocycles. The molecule has 26 heavy (non-hydrogen) atoms. The third-order valence-electron chi connectivity index (χ3n) is 4.71. The Balaban J connectivity index is 0.000000260. The van der Waals surface area contributed by atoms with Crippen molar-refractivity contribution in [2.45, 2.75) is 90.4 Å². The summed E-state index contributed by atoms with van der Waals surface area (Å²) in [5.41, 5.74) is -0.471. The molecule has 2 heterocycles. The predicted octanol–water partition coefficient (Wildman–Crippen LogP) is -0.972. The van der Waals surface area contributed by atoms with Crippen molar-refractivity contribution in [2.75, 3.05) is 13.2 Å². The van der Waals surface area contributed by atoms with Crippen molar-refractivity contribution >= 4 is 0 Å². The third kappa shape index (κ3) is 5.84. The van der Waals surface area contributed by atoms with Gasteiger partial charge in [0, 0.05) is 0 Å². The Morgan fingerprint density at radius 1 is 0.538 bits per heavy atom. The molecule has 2 saturated heterocycles. The summed E-state index contributed by atoms with van der Waals surface area (Å²) >= 11 is 0. The fraction of sp³-hybridized carbons (Fsp3) is 1.00. The SMILES string of the molecule is CC(C)(C)C1OCC(O)C(O)C1O.CC(C)(C)C1OCC(O)C(O)C1O. The minimum absolute atomic E-state index is 0.0835. The van der Waals surface area contributed by atoms with Crippen molar-refractivity contribution in [1.29, 1.82) is 0 Å². The van der Waals surface area contributed by atoms with Crippen molar-refractivity contribution in [1.82, 2.24) is 0 Å². The number of hydrogen-bond donors (Lipinski definition) is 6. The van der Waals surface area contributed by atoms with Crippen LogP contribution in [0.3, 0.4) is 0 Å². The monoisotopic (exact) mass is 380 g/mol. The second-order valence-corrected chi connectivity index (χ2v) is 9.34. The molecule has 156 valence electrons. The van der Waals surface area contributed by atoms with Crippen LogP contribution in [0.15, 0.2) is 0 Å². The van der Waals surface area contributed by atoms with Crippen LogP contribution in [0.5, 0.6) is 0 Å². The molecule has 2 aliphatic rings. The molecule has 8 heteroatoms. The minimum Gasteiger partial charge on any atom is -0.388 e. The van der Waals surface area contributed by atoms with Gasteiger partial charge in [-0.15, -0.1) is 0 Å². The van der Waals surface area contributed by atoms with Crippen molar-refractivity contribution in [2.24, 2.45) is 10.8 Å². The Bertz CT molecular complexity index is 390. The van der Waals surface area contributed by atoms with Crippen LogP contribution in [0, 0.1) is 10.8 Å². The summed E-state index contributed by atoms with van der Waals surface area (Å²) in [4.78, 5) is 0. The molecule has 0 saturated carbocycles. The molecule has 8 atom stereocenters. The highest BCUT2D eigenvalue weighted by atomic mass is 16.5. The first-order valence-corrected chi connectivity index (χ1v) is 8.99. The number of hydrogen-bond acceptors (Lipinski definition) is 8. The van der Waals surface area contributed by atoms with E-state index in [0.717, 1.165) is 0 Å². The molecule has 0 aliphatic carbocycles. The molecule has 8 unspecified atom stereocenters.